The van der Waals surface area contributed by atoms with Gasteiger partial charge in [0.05, 0.1) is 19.6 Å². The fraction of sp³-hybridized carbons (Fsp3) is 0.545. The summed E-state index contributed by atoms with van der Waals surface area (Å²) in [6.07, 6.45) is 1.85. The van der Waals surface area contributed by atoms with Gasteiger partial charge in [-0.3, -0.25) is 4.57 Å². The lowest BCUT2D eigenvalue weighted by molar-refractivity contribution is -0.0992. The monoisotopic (exact) mass is 268 g/mol. The van der Waals surface area contributed by atoms with Gasteiger partial charge in [0, 0.05) is 20.3 Å². The van der Waals surface area contributed by atoms with Crippen molar-refractivity contribution >= 4 is 12.2 Å². The van der Waals surface area contributed by atoms with Crippen LogP contribution in [0.15, 0.2) is 22.1 Å². The third kappa shape index (κ3) is 3.37. The largest absolute Gasteiger partial charge is 0.391 e. The first-order valence-electron chi connectivity index (χ1n) is 5.78. The zero-order valence-corrected chi connectivity index (χ0v) is 10.8. The average molecular weight is 268 g/mol. The van der Waals surface area contributed by atoms with Gasteiger partial charge in [0.1, 0.15) is 0 Å². The summed E-state index contributed by atoms with van der Waals surface area (Å²) < 4.78 is 11.8. The van der Waals surface area contributed by atoms with Crippen molar-refractivity contribution in [2.45, 2.75) is 12.5 Å². The highest BCUT2D eigenvalue weighted by atomic mass is 16.7. The summed E-state index contributed by atoms with van der Waals surface area (Å²) >= 11 is 0. The number of hydrogen-bond acceptors (Lipinski definition) is 6. The van der Waals surface area contributed by atoms with E-state index in [2.05, 4.69) is 9.98 Å². The summed E-state index contributed by atoms with van der Waals surface area (Å²) in [6, 6.07) is 1.61. The number of ether oxygens (including phenoxy) is 2. The Hall–Kier alpha value is -1.77. The molecule has 8 heteroatoms. The first-order chi connectivity index (χ1) is 9.10. The molecular formula is C11H16N4O4. The summed E-state index contributed by atoms with van der Waals surface area (Å²) in [5, 5.41) is 8.89. The molecule has 0 unspecified atom stereocenters. The highest BCUT2D eigenvalue weighted by molar-refractivity contribution is 5.58. The molecule has 0 radical (unpaired) electrons. The van der Waals surface area contributed by atoms with Crippen LogP contribution in [0.5, 0.6) is 0 Å². The number of hydrogen-bond donors (Lipinski definition) is 1. The fourth-order valence-electron chi connectivity index (χ4n) is 1.55. The van der Waals surface area contributed by atoms with Crippen molar-refractivity contribution in [3.05, 3.63) is 22.7 Å². The normalized spacial score (nSPS) is 23.1. The van der Waals surface area contributed by atoms with Crippen molar-refractivity contribution in [1.29, 1.82) is 0 Å². The van der Waals surface area contributed by atoms with Crippen LogP contribution in [0.3, 0.4) is 0 Å². The predicted molar refractivity (Wildman–Crippen MR) is 67.3 cm³/mol. The molecule has 1 aromatic heterocycles. The quantitative estimate of drug-likeness (QED) is 0.575. The summed E-state index contributed by atoms with van der Waals surface area (Å²) in [7, 11) is 3.65. The maximum atomic E-state index is 11.8. The van der Waals surface area contributed by atoms with E-state index in [1.165, 1.54) is 4.57 Å². The molecule has 104 valence electrons. The van der Waals surface area contributed by atoms with Crippen molar-refractivity contribution in [3.63, 3.8) is 0 Å². The molecule has 19 heavy (non-hydrogen) atoms. The van der Waals surface area contributed by atoms with Gasteiger partial charge in [0.25, 0.3) is 0 Å². The molecule has 0 spiro atoms. The predicted octanol–water partition coefficient (Wildman–Crippen LogP) is -0.671. The van der Waals surface area contributed by atoms with Crippen molar-refractivity contribution in [1.82, 2.24) is 14.5 Å². The van der Waals surface area contributed by atoms with Crippen LogP contribution in [0.4, 0.5) is 5.82 Å². The molecule has 1 N–H and O–H groups in total. The minimum atomic E-state index is -0.691. The molecule has 2 heterocycles. The SMILES string of the molecule is CN(C)C=Nc1ccn([C@@H]2CO[C@H](CO)O2)c(=O)n1. The number of nitrogens with zero attached hydrogens (tertiary/aromatic N) is 4. The van der Waals surface area contributed by atoms with E-state index in [0.29, 0.717) is 5.82 Å². The Kier molecular flexibility index (Phi) is 4.25. The van der Waals surface area contributed by atoms with Gasteiger partial charge in [0.2, 0.25) is 0 Å². The van der Waals surface area contributed by atoms with Gasteiger partial charge < -0.3 is 19.5 Å². The third-order valence-electron chi connectivity index (χ3n) is 2.43. The molecule has 8 nitrogen and oxygen atoms in total. The number of aromatic nitrogens is 2. The van der Waals surface area contributed by atoms with E-state index < -0.39 is 18.2 Å². The molecule has 1 saturated heterocycles. The second kappa shape index (κ2) is 5.91. The molecule has 1 fully saturated rings. The molecule has 0 aromatic carbocycles. The van der Waals surface area contributed by atoms with Crippen LogP contribution in [-0.4, -0.2) is 59.5 Å². The molecule has 1 aliphatic heterocycles. The maximum absolute atomic E-state index is 11.8. The van der Waals surface area contributed by atoms with E-state index in [4.69, 9.17) is 14.6 Å². The van der Waals surface area contributed by atoms with E-state index in [9.17, 15) is 4.79 Å². The van der Waals surface area contributed by atoms with Gasteiger partial charge in [-0.05, 0) is 6.07 Å². The smallest absolute Gasteiger partial charge is 0.351 e. The Morgan fingerprint density at radius 3 is 3.05 bits per heavy atom. The highest BCUT2D eigenvalue weighted by Gasteiger charge is 2.27. The van der Waals surface area contributed by atoms with Gasteiger partial charge in [0.15, 0.2) is 18.3 Å². The lowest BCUT2D eigenvalue weighted by Crippen LogP contribution is -2.28. The summed E-state index contributed by atoms with van der Waals surface area (Å²) in [4.78, 5) is 21.4. The van der Waals surface area contributed by atoms with E-state index >= 15 is 0 Å². The van der Waals surface area contributed by atoms with E-state index in [1.54, 1.807) is 23.5 Å². The molecule has 1 aromatic rings. The Morgan fingerprint density at radius 1 is 1.68 bits per heavy atom. The fourth-order valence-corrected chi connectivity index (χ4v) is 1.55. The number of aliphatic hydroxyl groups excluding tert-OH is 1. The van der Waals surface area contributed by atoms with Gasteiger partial charge in [-0.1, -0.05) is 0 Å². The maximum Gasteiger partial charge on any atom is 0.351 e. The van der Waals surface area contributed by atoms with Crippen LogP contribution in [0.1, 0.15) is 6.23 Å². The first kappa shape index (κ1) is 13.7. The summed E-state index contributed by atoms with van der Waals surface area (Å²) in [5.74, 6) is 0.326. The van der Waals surface area contributed by atoms with Gasteiger partial charge >= 0.3 is 5.69 Å². The van der Waals surface area contributed by atoms with Crippen LogP contribution >= 0.6 is 0 Å². The molecular weight excluding hydrogens is 252 g/mol. The topological polar surface area (TPSA) is 89.2 Å². The van der Waals surface area contributed by atoms with Gasteiger partial charge in [-0.25, -0.2) is 9.79 Å². The Labute approximate surface area is 109 Å². The van der Waals surface area contributed by atoms with E-state index in [1.807, 2.05) is 14.1 Å². The van der Waals surface area contributed by atoms with Crippen molar-refractivity contribution in [3.8, 4) is 0 Å². The van der Waals surface area contributed by atoms with Crippen molar-refractivity contribution in [2.24, 2.45) is 4.99 Å². The molecule has 2 atom stereocenters. The Morgan fingerprint density at radius 2 is 2.47 bits per heavy atom. The zero-order chi connectivity index (χ0) is 13.8. The average Bonchev–Trinajstić information content (AvgIpc) is 2.85. The van der Waals surface area contributed by atoms with Gasteiger partial charge in [-0.15, -0.1) is 0 Å². The lowest BCUT2D eigenvalue weighted by atomic mass is 10.5. The van der Waals surface area contributed by atoms with Crippen LogP contribution in [0.2, 0.25) is 0 Å². The molecule has 2 rings (SSSR count). The van der Waals surface area contributed by atoms with Crippen LogP contribution in [0.25, 0.3) is 0 Å². The molecule has 0 saturated carbocycles. The lowest BCUT2D eigenvalue weighted by Gasteiger charge is -2.11. The van der Waals surface area contributed by atoms with E-state index in [0.717, 1.165) is 0 Å². The minimum absolute atomic E-state index is 0.202. The number of aliphatic imine (C=N–C) groups is 1. The van der Waals surface area contributed by atoms with Gasteiger partial charge in [-0.2, -0.15) is 4.98 Å². The number of aliphatic hydroxyl groups is 1. The molecule has 0 amide bonds. The first-order valence-corrected chi connectivity index (χ1v) is 5.78. The minimum Gasteiger partial charge on any atom is -0.391 e. The van der Waals surface area contributed by atoms with Crippen LogP contribution < -0.4 is 5.69 Å². The summed E-state index contributed by atoms with van der Waals surface area (Å²) in [5.41, 5.74) is -0.472. The summed E-state index contributed by atoms with van der Waals surface area (Å²) in [6.45, 7) is -0.0446. The Bertz CT molecular complexity index is 514. The molecule has 0 bridgehead atoms. The van der Waals surface area contributed by atoms with Crippen LogP contribution in [-0.2, 0) is 9.47 Å². The Balaban J connectivity index is 2.14. The van der Waals surface area contributed by atoms with Crippen molar-refractivity contribution < 1.29 is 14.6 Å². The van der Waals surface area contributed by atoms with Crippen molar-refractivity contribution in [2.75, 3.05) is 27.3 Å². The molecule has 0 aliphatic carbocycles. The molecule has 1 aliphatic rings. The van der Waals surface area contributed by atoms with E-state index in [-0.39, 0.29) is 13.2 Å². The third-order valence-corrected chi connectivity index (χ3v) is 2.43. The standard InChI is InChI=1S/C11H16N4O4/c1-14(2)7-12-8-3-4-15(11(17)13-8)9-6-18-10(5-16)19-9/h3-4,7,9-10,16H,5-6H2,1-2H3/t9-,10-/m0/s1. The number of rotatable bonds is 4. The highest BCUT2D eigenvalue weighted by Crippen LogP contribution is 2.19. The second-order valence-corrected chi connectivity index (χ2v) is 4.22. The van der Waals surface area contributed by atoms with Crippen LogP contribution in [0, 0.1) is 0 Å². The second-order valence-electron chi connectivity index (χ2n) is 4.22. The zero-order valence-electron chi connectivity index (χ0n) is 10.8.